The van der Waals surface area contributed by atoms with Crippen LogP contribution in [0.1, 0.15) is 12.5 Å². The molecule has 0 saturated heterocycles. The monoisotopic (exact) mass is 446 g/mol. The van der Waals surface area contributed by atoms with Crippen molar-refractivity contribution in [3.05, 3.63) is 71.2 Å². The van der Waals surface area contributed by atoms with Crippen molar-refractivity contribution in [2.75, 3.05) is 17.7 Å². The smallest absolute Gasteiger partial charge is 0.243 e. The summed E-state index contributed by atoms with van der Waals surface area (Å²) < 4.78 is 31.1. The van der Waals surface area contributed by atoms with E-state index in [0.717, 1.165) is 26.9 Å². The molecule has 1 atom stereocenters. The Balaban J connectivity index is 1.83. The number of amides is 1. The first-order valence-electron chi connectivity index (χ1n) is 9.29. The van der Waals surface area contributed by atoms with Gasteiger partial charge in [0, 0.05) is 6.54 Å². The van der Waals surface area contributed by atoms with Crippen LogP contribution in [0.3, 0.4) is 0 Å². The molecule has 3 aromatic rings. The molecule has 0 aliphatic heterocycles. The Hall–Kier alpha value is -2.77. The molecule has 0 heterocycles. The van der Waals surface area contributed by atoms with Crippen molar-refractivity contribution in [1.29, 1.82) is 0 Å². The molecule has 0 unspecified atom stereocenters. The first-order chi connectivity index (χ1) is 14.2. The van der Waals surface area contributed by atoms with Crippen molar-refractivity contribution in [3.8, 4) is 5.75 Å². The predicted octanol–water partition coefficient (Wildman–Crippen LogP) is 3.97. The first-order valence-corrected chi connectivity index (χ1v) is 11.5. The van der Waals surface area contributed by atoms with Gasteiger partial charge in [0.1, 0.15) is 11.8 Å². The molecule has 0 aliphatic carbocycles. The normalized spacial score (nSPS) is 12.4. The summed E-state index contributed by atoms with van der Waals surface area (Å²) in [5.41, 5.74) is 1.24. The molecule has 3 aromatic carbocycles. The topological polar surface area (TPSA) is 75.7 Å². The molecule has 1 amide bonds. The van der Waals surface area contributed by atoms with Gasteiger partial charge in [-0.3, -0.25) is 9.10 Å². The lowest BCUT2D eigenvalue weighted by Gasteiger charge is -2.28. The summed E-state index contributed by atoms with van der Waals surface area (Å²) >= 11 is 6.16. The van der Waals surface area contributed by atoms with E-state index in [1.807, 2.05) is 42.5 Å². The Bertz CT molecular complexity index is 1180. The molecule has 6 nitrogen and oxygen atoms in total. The number of nitrogens with zero attached hydrogens (tertiary/aromatic N) is 1. The van der Waals surface area contributed by atoms with Crippen molar-refractivity contribution < 1.29 is 17.9 Å². The SMILES string of the molecule is COc1ccc(N([C@H](C)C(=O)NCc2cccc3ccccc23)S(C)(=O)=O)cc1Cl. The van der Waals surface area contributed by atoms with Crippen LogP contribution in [-0.4, -0.2) is 33.7 Å². The van der Waals surface area contributed by atoms with E-state index in [1.165, 1.54) is 20.1 Å². The van der Waals surface area contributed by atoms with E-state index in [-0.39, 0.29) is 17.3 Å². The second kappa shape index (κ2) is 8.93. The van der Waals surface area contributed by atoms with Crippen molar-refractivity contribution in [2.24, 2.45) is 0 Å². The maximum atomic E-state index is 12.8. The minimum atomic E-state index is -3.74. The third-order valence-electron chi connectivity index (χ3n) is 4.81. The summed E-state index contributed by atoms with van der Waals surface area (Å²) in [6.45, 7) is 1.82. The maximum Gasteiger partial charge on any atom is 0.243 e. The number of anilines is 1. The van der Waals surface area contributed by atoms with Crippen molar-refractivity contribution in [3.63, 3.8) is 0 Å². The van der Waals surface area contributed by atoms with E-state index >= 15 is 0 Å². The number of methoxy groups -OCH3 is 1. The van der Waals surface area contributed by atoms with Crippen LogP contribution < -0.4 is 14.4 Å². The Morgan fingerprint density at radius 2 is 1.83 bits per heavy atom. The van der Waals surface area contributed by atoms with Gasteiger partial charge in [0.15, 0.2) is 0 Å². The van der Waals surface area contributed by atoms with Crippen LogP contribution in [0.25, 0.3) is 10.8 Å². The molecule has 0 fully saturated rings. The molecule has 1 N–H and O–H groups in total. The number of halogens is 1. The number of carbonyl (C=O) groups is 1. The number of benzene rings is 3. The molecular formula is C22H23ClN2O4S. The van der Waals surface area contributed by atoms with Gasteiger partial charge in [-0.05, 0) is 41.5 Å². The number of hydrogen-bond acceptors (Lipinski definition) is 4. The quantitative estimate of drug-likeness (QED) is 0.595. The summed E-state index contributed by atoms with van der Waals surface area (Å²) in [4.78, 5) is 12.8. The first kappa shape index (κ1) is 21.9. The molecule has 158 valence electrons. The lowest BCUT2D eigenvalue weighted by atomic mass is 10.0. The summed E-state index contributed by atoms with van der Waals surface area (Å²) in [6.07, 6.45) is 1.06. The molecule has 0 spiro atoms. The molecule has 8 heteroatoms. The predicted molar refractivity (Wildman–Crippen MR) is 121 cm³/mol. The van der Waals surface area contributed by atoms with Gasteiger partial charge in [-0.25, -0.2) is 8.42 Å². The second-order valence-electron chi connectivity index (χ2n) is 6.91. The van der Waals surface area contributed by atoms with Gasteiger partial charge in [0.05, 0.1) is 24.1 Å². The molecule has 0 aromatic heterocycles. The fourth-order valence-electron chi connectivity index (χ4n) is 3.38. The summed E-state index contributed by atoms with van der Waals surface area (Å²) in [5.74, 6) is 0.00206. The fraction of sp³-hybridized carbons (Fsp3) is 0.227. The Labute approximate surface area is 181 Å². The average molecular weight is 447 g/mol. The van der Waals surface area contributed by atoms with E-state index in [9.17, 15) is 13.2 Å². The van der Waals surface area contributed by atoms with Crippen LogP contribution in [0.15, 0.2) is 60.7 Å². The van der Waals surface area contributed by atoms with Crippen LogP contribution in [0.2, 0.25) is 5.02 Å². The van der Waals surface area contributed by atoms with E-state index < -0.39 is 22.0 Å². The summed E-state index contributed by atoms with van der Waals surface area (Å²) in [7, 11) is -2.27. The number of fused-ring (bicyclic) bond motifs is 1. The number of nitrogens with one attached hydrogen (secondary N) is 1. The molecule has 30 heavy (non-hydrogen) atoms. The fourth-order valence-corrected chi connectivity index (χ4v) is 4.80. The largest absolute Gasteiger partial charge is 0.495 e. The van der Waals surface area contributed by atoms with Crippen LogP contribution in [0, 0.1) is 0 Å². The van der Waals surface area contributed by atoms with Crippen molar-refractivity contribution >= 4 is 44.0 Å². The third-order valence-corrected chi connectivity index (χ3v) is 6.35. The molecule has 3 rings (SSSR count). The van der Waals surface area contributed by atoms with E-state index in [1.54, 1.807) is 12.1 Å². The zero-order valence-corrected chi connectivity index (χ0v) is 18.5. The Morgan fingerprint density at radius 3 is 2.50 bits per heavy atom. The molecular weight excluding hydrogens is 424 g/mol. The van der Waals surface area contributed by atoms with Gasteiger partial charge in [-0.15, -0.1) is 0 Å². The average Bonchev–Trinajstić information content (AvgIpc) is 2.71. The van der Waals surface area contributed by atoms with E-state index in [0.29, 0.717) is 5.75 Å². The van der Waals surface area contributed by atoms with Gasteiger partial charge in [0.2, 0.25) is 15.9 Å². The molecule has 0 bridgehead atoms. The molecule has 0 saturated carbocycles. The van der Waals surface area contributed by atoms with Crippen LogP contribution in [-0.2, 0) is 21.4 Å². The van der Waals surface area contributed by atoms with Crippen molar-refractivity contribution in [1.82, 2.24) is 5.32 Å². The lowest BCUT2D eigenvalue weighted by molar-refractivity contribution is -0.122. The highest BCUT2D eigenvalue weighted by Crippen LogP contribution is 2.31. The van der Waals surface area contributed by atoms with Crippen molar-refractivity contribution in [2.45, 2.75) is 19.5 Å². The Morgan fingerprint density at radius 1 is 1.13 bits per heavy atom. The Kier molecular flexibility index (Phi) is 6.53. The minimum Gasteiger partial charge on any atom is -0.495 e. The zero-order valence-electron chi connectivity index (χ0n) is 16.9. The second-order valence-corrected chi connectivity index (χ2v) is 9.18. The van der Waals surface area contributed by atoms with Gasteiger partial charge in [0.25, 0.3) is 0 Å². The third kappa shape index (κ3) is 4.68. The van der Waals surface area contributed by atoms with Gasteiger partial charge in [-0.1, -0.05) is 54.1 Å². The molecule has 0 aliphatic rings. The van der Waals surface area contributed by atoms with Gasteiger partial charge >= 0.3 is 0 Å². The minimum absolute atomic E-state index is 0.256. The van der Waals surface area contributed by atoms with Gasteiger partial charge in [-0.2, -0.15) is 0 Å². The number of rotatable bonds is 7. The maximum absolute atomic E-state index is 12.8. The highest BCUT2D eigenvalue weighted by atomic mass is 35.5. The number of ether oxygens (including phenoxy) is 1. The highest BCUT2D eigenvalue weighted by molar-refractivity contribution is 7.92. The highest BCUT2D eigenvalue weighted by Gasteiger charge is 2.29. The standard InChI is InChI=1S/C22H23ClN2O4S/c1-15(25(30(3,27)28)18-11-12-21(29-2)20(23)13-18)22(26)24-14-17-9-6-8-16-7-4-5-10-19(16)17/h4-13,15H,14H2,1-3H3,(H,24,26)/t15-/m1/s1. The van der Waals surface area contributed by atoms with E-state index in [2.05, 4.69) is 5.32 Å². The van der Waals surface area contributed by atoms with Gasteiger partial charge < -0.3 is 10.1 Å². The van der Waals surface area contributed by atoms with Crippen LogP contribution in [0.4, 0.5) is 5.69 Å². The lowest BCUT2D eigenvalue weighted by Crippen LogP contribution is -2.47. The van der Waals surface area contributed by atoms with Crippen LogP contribution >= 0.6 is 11.6 Å². The summed E-state index contributed by atoms with van der Waals surface area (Å²) in [6, 6.07) is 17.4. The molecule has 0 radical (unpaired) electrons. The van der Waals surface area contributed by atoms with E-state index in [4.69, 9.17) is 16.3 Å². The summed E-state index contributed by atoms with van der Waals surface area (Å²) in [5, 5.41) is 5.21. The number of carbonyl (C=O) groups excluding carboxylic acids is 1. The zero-order chi connectivity index (χ0) is 21.9. The number of sulfonamides is 1. The van der Waals surface area contributed by atoms with Crippen LogP contribution in [0.5, 0.6) is 5.75 Å². The number of hydrogen-bond donors (Lipinski definition) is 1.